The topological polar surface area (TPSA) is 66.8 Å². The number of ketones is 1. The molecule has 1 amide bonds. The monoisotopic (exact) mass is 413 g/mol. The van der Waals surface area contributed by atoms with E-state index in [1.807, 2.05) is 0 Å². The van der Waals surface area contributed by atoms with Crippen LogP contribution in [-0.2, 0) is 10.4 Å². The van der Waals surface area contributed by atoms with Gasteiger partial charge in [-0.1, -0.05) is 21.9 Å². The van der Waals surface area contributed by atoms with Crippen LogP contribution in [0, 0.1) is 12.3 Å². The Balaban J connectivity index is 1.97. The van der Waals surface area contributed by atoms with Crippen LogP contribution in [-0.4, -0.2) is 30.5 Å². The second kappa shape index (κ2) is 6.94. The number of methoxy groups -OCH3 is 1. The van der Waals surface area contributed by atoms with E-state index in [1.54, 1.807) is 42.5 Å². The molecule has 1 N–H and O–H groups in total. The van der Waals surface area contributed by atoms with Gasteiger partial charge in [0.05, 0.1) is 25.8 Å². The van der Waals surface area contributed by atoms with Crippen molar-refractivity contribution in [3.8, 4) is 18.1 Å². The first-order valence-corrected chi connectivity index (χ1v) is 8.65. The number of nitrogens with zero attached hydrogens (tertiary/aromatic N) is 1. The molecule has 0 fully saturated rings. The molecule has 0 saturated carbocycles. The number of hydrogen-bond acceptors (Lipinski definition) is 4. The fourth-order valence-electron chi connectivity index (χ4n) is 3.05. The van der Waals surface area contributed by atoms with Crippen molar-refractivity contribution in [2.75, 3.05) is 18.6 Å². The summed E-state index contributed by atoms with van der Waals surface area (Å²) in [6.45, 7) is 0.0203. The largest absolute Gasteiger partial charge is 0.497 e. The zero-order valence-electron chi connectivity index (χ0n) is 14.0. The standard InChI is InChI=1S/C20H16BrNO4/c1-3-10-22-17-9-6-14(21)11-16(17)20(25,19(22)24)12-18(23)13-4-7-15(26-2)8-5-13/h1,4-9,11,25H,10,12H2,2H3. The molecule has 2 aromatic rings. The molecular formula is C20H16BrNO4. The average Bonchev–Trinajstić information content (AvgIpc) is 2.84. The van der Waals surface area contributed by atoms with Crippen molar-refractivity contribution in [3.63, 3.8) is 0 Å². The highest BCUT2D eigenvalue weighted by molar-refractivity contribution is 9.10. The quantitative estimate of drug-likeness (QED) is 0.604. The van der Waals surface area contributed by atoms with E-state index in [9.17, 15) is 14.7 Å². The number of carbonyl (C=O) groups excluding carboxylic acids is 2. The van der Waals surface area contributed by atoms with Gasteiger partial charge in [-0.2, -0.15) is 0 Å². The summed E-state index contributed by atoms with van der Waals surface area (Å²) in [6, 6.07) is 11.6. The molecule has 3 rings (SSSR count). The maximum absolute atomic E-state index is 12.8. The van der Waals surface area contributed by atoms with E-state index < -0.39 is 11.5 Å². The number of aliphatic hydroxyl groups is 1. The number of anilines is 1. The van der Waals surface area contributed by atoms with Crippen LogP contribution in [0.3, 0.4) is 0 Å². The first kappa shape index (κ1) is 18.2. The van der Waals surface area contributed by atoms with Crippen LogP contribution in [0.2, 0.25) is 0 Å². The Bertz CT molecular complexity index is 916. The Labute approximate surface area is 159 Å². The number of ether oxygens (including phenoxy) is 1. The van der Waals surface area contributed by atoms with E-state index in [2.05, 4.69) is 21.9 Å². The summed E-state index contributed by atoms with van der Waals surface area (Å²) in [4.78, 5) is 26.9. The Kier molecular flexibility index (Phi) is 4.86. The third kappa shape index (κ3) is 3.00. The van der Waals surface area contributed by atoms with Gasteiger partial charge in [0.15, 0.2) is 11.4 Å². The van der Waals surface area contributed by atoms with Crippen molar-refractivity contribution in [2.24, 2.45) is 0 Å². The zero-order valence-corrected chi connectivity index (χ0v) is 15.6. The fourth-order valence-corrected chi connectivity index (χ4v) is 3.41. The van der Waals surface area contributed by atoms with E-state index in [1.165, 1.54) is 12.0 Å². The molecule has 1 atom stereocenters. The van der Waals surface area contributed by atoms with Gasteiger partial charge in [0.25, 0.3) is 5.91 Å². The van der Waals surface area contributed by atoms with Crippen molar-refractivity contribution in [1.29, 1.82) is 0 Å². The molecule has 0 saturated heterocycles. The zero-order chi connectivity index (χ0) is 18.9. The molecule has 0 aliphatic carbocycles. The minimum atomic E-state index is -1.95. The van der Waals surface area contributed by atoms with Crippen molar-refractivity contribution in [2.45, 2.75) is 12.0 Å². The van der Waals surface area contributed by atoms with Gasteiger partial charge in [-0.3, -0.25) is 14.5 Å². The molecule has 132 valence electrons. The molecular weight excluding hydrogens is 398 g/mol. The molecule has 1 unspecified atom stereocenters. The second-order valence-corrected chi connectivity index (χ2v) is 6.86. The van der Waals surface area contributed by atoms with Crippen LogP contribution in [0.15, 0.2) is 46.9 Å². The summed E-state index contributed by atoms with van der Waals surface area (Å²) in [5.74, 6) is 2.09. The average molecular weight is 414 g/mol. The van der Waals surface area contributed by atoms with Gasteiger partial charge >= 0.3 is 0 Å². The third-order valence-corrected chi connectivity index (χ3v) is 4.86. The minimum absolute atomic E-state index is 0.0203. The SMILES string of the molecule is C#CCN1C(=O)C(O)(CC(=O)c2ccc(OC)cc2)c2cc(Br)ccc21. The van der Waals surface area contributed by atoms with Gasteiger partial charge in [0, 0.05) is 15.6 Å². The number of fused-ring (bicyclic) bond motifs is 1. The van der Waals surface area contributed by atoms with E-state index in [0.29, 0.717) is 27.0 Å². The van der Waals surface area contributed by atoms with Crippen LogP contribution in [0.5, 0.6) is 5.75 Å². The molecule has 0 radical (unpaired) electrons. The van der Waals surface area contributed by atoms with Crippen molar-refractivity contribution in [1.82, 2.24) is 0 Å². The number of Topliss-reactive ketones (excluding diaryl/α,β-unsaturated/α-hetero) is 1. The molecule has 1 aliphatic rings. The molecule has 1 heterocycles. The number of hydrogen-bond donors (Lipinski definition) is 1. The van der Waals surface area contributed by atoms with Crippen molar-refractivity contribution in [3.05, 3.63) is 58.1 Å². The molecule has 1 aliphatic heterocycles. The van der Waals surface area contributed by atoms with Gasteiger partial charge in [-0.25, -0.2) is 0 Å². The first-order chi connectivity index (χ1) is 12.4. The van der Waals surface area contributed by atoms with Crippen molar-refractivity contribution >= 4 is 33.3 Å². The Morgan fingerprint density at radius 2 is 2.00 bits per heavy atom. The van der Waals surface area contributed by atoms with E-state index >= 15 is 0 Å². The first-order valence-electron chi connectivity index (χ1n) is 7.86. The lowest BCUT2D eigenvalue weighted by Crippen LogP contribution is -2.42. The minimum Gasteiger partial charge on any atom is -0.497 e. The predicted molar refractivity (Wildman–Crippen MR) is 101 cm³/mol. The smallest absolute Gasteiger partial charge is 0.265 e. The number of halogens is 1. The van der Waals surface area contributed by atoms with E-state index in [0.717, 1.165) is 0 Å². The lowest BCUT2D eigenvalue weighted by molar-refractivity contribution is -0.135. The van der Waals surface area contributed by atoms with Crippen LogP contribution < -0.4 is 9.64 Å². The number of benzene rings is 2. The number of rotatable bonds is 5. The van der Waals surface area contributed by atoms with Crippen LogP contribution in [0.1, 0.15) is 22.3 Å². The molecule has 6 heteroatoms. The molecule has 0 bridgehead atoms. The summed E-state index contributed by atoms with van der Waals surface area (Å²) < 4.78 is 5.77. The molecule has 26 heavy (non-hydrogen) atoms. The number of terminal acetylenes is 1. The normalized spacial score (nSPS) is 18.4. The van der Waals surface area contributed by atoms with Crippen molar-refractivity contribution < 1.29 is 19.4 Å². The van der Waals surface area contributed by atoms with E-state index in [4.69, 9.17) is 11.2 Å². The molecule has 0 spiro atoms. The van der Waals surface area contributed by atoms with Gasteiger partial charge in [-0.15, -0.1) is 6.42 Å². The molecule has 0 aromatic heterocycles. The van der Waals surface area contributed by atoms with E-state index in [-0.39, 0.29) is 18.7 Å². The highest BCUT2D eigenvalue weighted by Crippen LogP contribution is 2.44. The van der Waals surface area contributed by atoms with Crippen LogP contribution in [0.4, 0.5) is 5.69 Å². The van der Waals surface area contributed by atoms with Crippen LogP contribution in [0.25, 0.3) is 0 Å². The lowest BCUT2D eigenvalue weighted by Gasteiger charge is -2.22. The number of amides is 1. The fraction of sp³-hybridized carbons (Fsp3) is 0.200. The summed E-state index contributed by atoms with van der Waals surface area (Å²) >= 11 is 3.34. The number of carbonyl (C=O) groups is 2. The summed E-state index contributed by atoms with van der Waals surface area (Å²) in [7, 11) is 1.53. The maximum atomic E-state index is 12.8. The Morgan fingerprint density at radius 1 is 1.31 bits per heavy atom. The summed E-state index contributed by atoms with van der Waals surface area (Å²) in [5, 5.41) is 11.1. The third-order valence-electron chi connectivity index (χ3n) is 4.37. The van der Waals surface area contributed by atoms with Gasteiger partial charge in [-0.05, 0) is 42.5 Å². The van der Waals surface area contributed by atoms with Gasteiger partial charge in [0.2, 0.25) is 0 Å². The maximum Gasteiger partial charge on any atom is 0.265 e. The second-order valence-electron chi connectivity index (χ2n) is 5.95. The highest BCUT2D eigenvalue weighted by atomic mass is 79.9. The lowest BCUT2D eigenvalue weighted by atomic mass is 9.88. The molecule has 2 aromatic carbocycles. The van der Waals surface area contributed by atoms with Crippen LogP contribution >= 0.6 is 15.9 Å². The molecule has 5 nitrogen and oxygen atoms in total. The Morgan fingerprint density at radius 3 is 2.62 bits per heavy atom. The summed E-state index contributed by atoms with van der Waals surface area (Å²) in [5.41, 5.74) is -0.679. The Hall–Kier alpha value is -2.62. The highest BCUT2D eigenvalue weighted by Gasteiger charge is 2.50. The summed E-state index contributed by atoms with van der Waals surface area (Å²) in [6.07, 6.45) is 4.98. The van der Waals surface area contributed by atoms with Gasteiger partial charge < -0.3 is 9.84 Å². The predicted octanol–water partition coefficient (Wildman–Crippen LogP) is 2.90. The van der Waals surface area contributed by atoms with Gasteiger partial charge in [0.1, 0.15) is 5.75 Å².